The van der Waals surface area contributed by atoms with Gasteiger partial charge in [0.1, 0.15) is 17.3 Å². The minimum Gasteiger partial charge on any atom is -0.463 e. The number of nitrogens with one attached hydrogen (secondary N) is 2. The third-order valence-corrected chi connectivity index (χ3v) is 3.08. The Hall–Kier alpha value is -2.96. The predicted molar refractivity (Wildman–Crippen MR) is 73.8 cm³/mol. The molecule has 5 nitrogen and oxygen atoms in total. The zero-order valence-corrected chi connectivity index (χ0v) is 11.3. The second-order valence-corrected chi connectivity index (χ2v) is 4.53. The summed E-state index contributed by atoms with van der Waals surface area (Å²) < 4.78 is 32.1. The Balaban J connectivity index is 1.70. The first kappa shape index (κ1) is 14.0. The fraction of sp³-hybridized carbons (Fsp3) is 0.0667. The Kier molecular flexibility index (Phi) is 3.69. The van der Waals surface area contributed by atoms with Gasteiger partial charge in [0, 0.05) is 18.2 Å². The number of hydrogen-bond acceptors (Lipinski definition) is 3. The van der Waals surface area contributed by atoms with Gasteiger partial charge in [-0.3, -0.25) is 9.89 Å². The smallest absolute Gasteiger partial charge is 0.272 e. The Morgan fingerprint density at radius 3 is 2.68 bits per heavy atom. The number of halogens is 2. The van der Waals surface area contributed by atoms with E-state index in [-0.39, 0.29) is 17.8 Å². The van der Waals surface area contributed by atoms with E-state index in [1.807, 2.05) is 0 Å². The van der Waals surface area contributed by atoms with E-state index in [1.165, 1.54) is 18.4 Å². The molecule has 0 spiro atoms. The molecule has 0 atom stereocenters. The fourth-order valence-electron chi connectivity index (χ4n) is 1.96. The summed E-state index contributed by atoms with van der Waals surface area (Å²) in [5.41, 5.74) is 0.438. The molecule has 0 fully saturated rings. The monoisotopic (exact) mass is 303 g/mol. The maximum absolute atomic E-state index is 13.5. The minimum atomic E-state index is -0.710. The van der Waals surface area contributed by atoms with Crippen LogP contribution in [0.3, 0.4) is 0 Å². The Bertz CT molecular complexity index is 777. The lowest BCUT2D eigenvalue weighted by Gasteiger charge is -2.05. The van der Waals surface area contributed by atoms with Crippen LogP contribution in [-0.2, 0) is 6.54 Å². The molecule has 0 saturated heterocycles. The number of hydrogen-bond donors (Lipinski definition) is 2. The first-order valence-corrected chi connectivity index (χ1v) is 6.45. The lowest BCUT2D eigenvalue weighted by molar-refractivity contribution is 0.0945. The number of aromatic nitrogens is 2. The second kappa shape index (κ2) is 5.80. The molecule has 3 rings (SSSR count). The molecule has 112 valence electrons. The van der Waals surface area contributed by atoms with Gasteiger partial charge in [0.05, 0.1) is 6.26 Å². The van der Waals surface area contributed by atoms with Crippen LogP contribution >= 0.6 is 0 Å². The van der Waals surface area contributed by atoms with Crippen molar-refractivity contribution in [1.29, 1.82) is 0 Å². The van der Waals surface area contributed by atoms with E-state index in [0.29, 0.717) is 11.5 Å². The number of H-pyrrole nitrogens is 1. The number of amides is 1. The lowest BCUT2D eigenvalue weighted by Crippen LogP contribution is -2.24. The van der Waals surface area contributed by atoms with Crippen LogP contribution < -0.4 is 5.32 Å². The van der Waals surface area contributed by atoms with Gasteiger partial charge in [0.15, 0.2) is 11.5 Å². The van der Waals surface area contributed by atoms with Crippen molar-refractivity contribution in [3.63, 3.8) is 0 Å². The minimum absolute atomic E-state index is 0.100. The number of rotatable bonds is 4. The number of carbonyl (C=O) groups excluding carboxylic acids is 1. The highest BCUT2D eigenvalue weighted by Crippen LogP contribution is 2.18. The maximum Gasteiger partial charge on any atom is 0.272 e. The Labute approximate surface area is 124 Å². The largest absolute Gasteiger partial charge is 0.463 e. The van der Waals surface area contributed by atoms with Crippen molar-refractivity contribution in [3.05, 3.63) is 65.6 Å². The number of benzene rings is 1. The van der Waals surface area contributed by atoms with Crippen molar-refractivity contribution in [2.24, 2.45) is 0 Å². The Morgan fingerprint density at radius 1 is 1.23 bits per heavy atom. The van der Waals surface area contributed by atoms with Crippen LogP contribution in [0, 0.1) is 11.6 Å². The second-order valence-electron chi connectivity index (χ2n) is 4.53. The molecule has 22 heavy (non-hydrogen) atoms. The molecule has 0 aliphatic carbocycles. The van der Waals surface area contributed by atoms with E-state index in [1.54, 1.807) is 12.1 Å². The first-order chi connectivity index (χ1) is 10.6. The van der Waals surface area contributed by atoms with Crippen molar-refractivity contribution in [1.82, 2.24) is 15.5 Å². The third kappa shape index (κ3) is 2.73. The zero-order chi connectivity index (χ0) is 15.5. The average molecular weight is 303 g/mol. The molecule has 0 saturated carbocycles. The van der Waals surface area contributed by atoms with Crippen molar-refractivity contribution in [2.75, 3.05) is 0 Å². The molecule has 7 heteroatoms. The van der Waals surface area contributed by atoms with Gasteiger partial charge < -0.3 is 9.73 Å². The van der Waals surface area contributed by atoms with Gasteiger partial charge in [-0.15, -0.1) is 0 Å². The highest BCUT2D eigenvalue weighted by Gasteiger charge is 2.14. The maximum atomic E-state index is 13.5. The molecule has 0 unspecified atom stereocenters. The number of aromatic amines is 1. The predicted octanol–water partition coefficient (Wildman–Crippen LogP) is 2.88. The standard InChI is InChI=1S/C15H11F2N3O2/c16-10-3-1-4-11(17)9(10)8-18-15(21)13-7-12(19-20-13)14-5-2-6-22-14/h1-7H,8H2,(H,18,21)(H,19,20). The van der Waals surface area contributed by atoms with E-state index >= 15 is 0 Å². The van der Waals surface area contributed by atoms with Gasteiger partial charge in [0.2, 0.25) is 0 Å². The molecule has 0 aliphatic rings. The van der Waals surface area contributed by atoms with Gasteiger partial charge in [-0.1, -0.05) is 6.07 Å². The molecule has 2 aromatic heterocycles. The van der Waals surface area contributed by atoms with Gasteiger partial charge in [-0.2, -0.15) is 5.10 Å². The molecule has 0 bridgehead atoms. The third-order valence-electron chi connectivity index (χ3n) is 3.08. The van der Waals surface area contributed by atoms with E-state index in [9.17, 15) is 13.6 Å². The number of nitrogens with zero attached hydrogens (tertiary/aromatic N) is 1. The quantitative estimate of drug-likeness (QED) is 0.778. The van der Waals surface area contributed by atoms with Crippen LogP contribution in [0.1, 0.15) is 16.1 Å². The van der Waals surface area contributed by atoms with E-state index in [4.69, 9.17) is 4.42 Å². The van der Waals surface area contributed by atoms with Gasteiger partial charge >= 0.3 is 0 Å². The normalized spacial score (nSPS) is 10.6. The van der Waals surface area contributed by atoms with Gasteiger partial charge in [0.25, 0.3) is 5.91 Å². The van der Waals surface area contributed by atoms with Crippen LogP contribution in [0.5, 0.6) is 0 Å². The van der Waals surface area contributed by atoms with Crippen LogP contribution in [0.15, 0.2) is 47.1 Å². The summed E-state index contributed by atoms with van der Waals surface area (Å²) in [6, 6.07) is 8.44. The van der Waals surface area contributed by atoms with Gasteiger partial charge in [-0.25, -0.2) is 8.78 Å². The SMILES string of the molecule is O=C(NCc1c(F)cccc1F)c1cc(-c2ccco2)[nH]n1. The molecular formula is C15H11F2N3O2. The molecule has 1 amide bonds. The molecule has 0 aliphatic heterocycles. The molecule has 2 N–H and O–H groups in total. The first-order valence-electron chi connectivity index (χ1n) is 6.45. The van der Waals surface area contributed by atoms with Crippen molar-refractivity contribution < 1.29 is 18.0 Å². The molecule has 0 radical (unpaired) electrons. The van der Waals surface area contributed by atoms with E-state index in [0.717, 1.165) is 12.1 Å². The molecule has 3 aromatic rings. The topological polar surface area (TPSA) is 70.9 Å². The molecule has 2 heterocycles. The van der Waals surface area contributed by atoms with Crippen molar-refractivity contribution >= 4 is 5.91 Å². The summed E-state index contributed by atoms with van der Waals surface area (Å²) in [6.45, 7) is -0.264. The number of carbonyl (C=O) groups is 1. The summed E-state index contributed by atoms with van der Waals surface area (Å²) in [5.74, 6) is -1.43. The van der Waals surface area contributed by atoms with Crippen molar-refractivity contribution in [2.45, 2.75) is 6.54 Å². The molecule has 1 aromatic carbocycles. The average Bonchev–Trinajstić information content (AvgIpc) is 3.17. The highest BCUT2D eigenvalue weighted by molar-refractivity contribution is 5.93. The van der Waals surface area contributed by atoms with Crippen LogP contribution in [0.2, 0.25) is 0 Å². The lowest BCUT2D eigenvalue weighted by atomic mass is 10.2. The zero-order valence-electron chi connectivity index (χ0n) is 11.3. The molecular weight excluding hydrogens is 292 g/mol. The highest BCUT2D eigenvalue weighted by atomic mass is 19.1. The van der Waals surface area contributed by atoms with Crippen LogP contribution in [0.4, 0.5) is 8.78 Å². The fourth-order valence-corrected chi connectivity index (χ4v) is 1.96. The Morgan fingerprint density at radius 2 is 2.00 bits per heavy atom. The van der Waals surface area contributed by atoms with E-state index < -0.39 is 17.5 Å². The van der Waals surface area contributed by atoms with E-state index in [2.05, 4.69) is 15.5 Å². The summed E-state index contributed by atoms with van der Waals surface area (Å²) in [6.07, 6.45) is 1.50. The van der Waals surface area contributed by atoms with Crippen LogP contribution in [-0.4, -0.2) is 16.1 Å². The summed E-state index contributed by atoms with van der Waals surface area (Å²) in [4.78, 5) is 12.0. The number of furan rings is 1. The van der Waals surface area contributed by atoms with Gasteiger partial charge in [-0.05, 0) is 24.3 Å². The van der Waals surface area contributed by atoms with Crippen molar-refractivity contribution in [3.8, 4) is 11.5 Å². The summed E-state index contributed by atoms with van der Waals surface area (Å²) in [5, 5.41) is 8.93. The summed E-state index contributed by atoms with van der Waals surface area (Å²) >= 11 is 0. The van der Waals surface area contributed by atoms with Crippen LogP contribution in [0.25, 0.3) is 11.5 Å². The summed E-state index contributed by atoms with van der Waals surface area (Å²) in [7, 11) is 0.